The van der Waals surface area contributed by atoms with E-state index in [1.807, 2.05) is 11.3 Å². The molecule has 0 aliphatic heterocycles. The third-order valence-electron chi connectivity index (χ3n) is 9.34. The van der Waals surface area contributed by atoms with Crippen molar-refractivity contribution in [2.24, 2.45) is 0 Å². The highest BCUT2D eigenvalue weighted by Gasteiger charge is 2.23. The molecule has 0 N–H and O–H groups in total. The summed E-state index contributed by atoms with van der Waals surface area (Å²) in [4.78, 5) is 7.51. The SMILES string of the molecule is C1=Cc2c(oc3cc(N(c4ccc(-c5ccccc5)cc4)c4cc(-c5nc6ccccc6s5)cc5c4sc4ccccc45)ccc23)CC1. The first-order valence-corrected chi connectivity index (χ1v) is 17.9. The third-order valence-corrected chi connectivity index (χ3v) is 11.6. The summed E-state index contributed by atoms with van der Waals surface area (Å²) in [5.41, 5.74) is 9.96. The molecule has 0 saturated carbocycles. The van der Waals surface area contributed by atoms with Crippen molar-refractivity contribution in [1.82, 2.24) is 4.98 Å². The minimum absolute atomic E-state index is 0.921. The van der Waals surface area contributed by atoms with Gasteiger partial charge in [0.15, 0.2) is 0 Å². The lowest BCUT2D eigenvalue weighted by molar-refractivity contribution is 0.546. The Morgan fingerprint density at radius 2 is 1.38 bits per heavy atom. The number of thiophene rings is 1. The van der Waals surface area contributed by atoms with Crippen molar-refractivity contribution in [3.8, 4) is 21.7 Å². The predicted molar refractivity (Wildman–Crippen MR) is 205 cm³/mol. The van der Waals surface area contributed by atoms with E-state index in [0.717, 1.165) is 57.3 Å². The zero-order valence-corrected chi connectivity index (χ0v) is 27.5. The van der Waals surface area contributed by atoms with Gasteiger partial charge in [-0.15, -0.1) is 22.7 Å². The number of allylic oxidation sites excluding steroid dienone is 1. The third kappa shape index (κ3) is 4.50. The van der Waals surface area contributed by atoms with Crippen molar-refractivity contribution >= 4 is 87.2 Å². The monoisotopic (exact) mass is 652 g/mol. The Morgan fingerprint density at radius 1 is 0.604 bits per heavy atom. The molecule has 0 atom stereocenters. The fourth-order valence-electron chi connectivity index (χ4n) is 7.03. The van der Waals surface area contributed by atoms with Gasteiger partial charge in [0.25, 0.3) is 0 Å². The highest BCUT2D eigenvalue weighted by Crippen LogP contribution is 2.48. The molecule has 3 nitrogen and oxygen atoms in total. The van der Waals surface area contributed by atoms with Crippen LogP contribution < -0.4 is 4.90 Å². The number of aryl methyl sites for hydroxylation is 1. The van der Waals surface area contributed by atoms with Gasteiger partial charge in [0, 0.05) is 55.8 Å². The lowest BCUT2D eigenvalue weighted by Crippen LogP contribution is -2.10. The summed E-state index contributed by atoms with van der Waals surface area (Å²) in [7, 11) is 0. The molecule has 0 fully saturated rings. The van der Waals surface area contributed by atoms with Crippen LogP contribution in [0, 0.1) is 0 Å². The van der Waals surface area contributed by atoms with Crippen molar-refractivity contribution in [1.29, 1.82) is 0 Å². The molecule has 3 aromatic heterocycles. The number of rotatable bonds is 5. The molecule has 3 heterocycles. The van der Waals surface area contributed by atoms with E-state index in [1.165, 1.54) is 46.9 Å². The zero-order chi connectivity index (χ0) is 31.6. The van der Waals surface area contributed by atoms with Crippen molar-refractivity contribution < 1.29 is 4.42 Å². The first kappa shape index (κ1) is 27.6. The van der Waals surface area contributed by atoms with E-state index in [0.29, 0.717) is 0 Å². The Hall–Kier alpha value is -5.49. The minimum Gasteiger partial charge on any atom is -0.460 e. The summed E-state index contributed by atoms with van der Waals surface area (Å²) < 4.78 is 10.2. The second kappa shape index (κ2) is 11.1. The van der Waals surface area contributed by atoms with Crippen molar-refractivity contribution in [2.45, 2.75) is 12.8 Å². The van der Waals surface area contributed by atoms with Gasteiger partial charge in [0.1, 0.15) is 16.4 Å². The van der Waals surface area contributed by atoms with Crippen LogP contribution in [0.3, 0.4) is 0 Å². The number of thiazole rings is 1. The van der Waals surface area contributed by atoms with Gasteiger partial charge < -0.3 is 9.32 Å². The number of para-hydroxylation sites is 1. The Morgan fingerprint density at radius 3 is 2.25 bits per heavy atom. The van der Waals surface area contributed by atoms with Gasteiger partial charge in [-0.3, -0.25) is 0 Å². The van der Waals surface area contributed by atoms with E-state index in [-0.39, 0.29) is 0 Å². The predicted octanol–water partition coefficient (Wildman–Crippen LogP) is 13.2. The van der Waals surface area contributed by atoms with Crippen LogP contribution in [-0.4, -0.2) is 4.98 Å². The van der Waals surface area contributed by atoms with Crippen LogP contribution in [0.4, 0.5) is 17.1 Å². The number of benzene rings is 6. The summed E-state index contributed by atoms with van der Waals surface area (Å²) >= 11 is 3.60. The molecule has 0 unspecified atom stereocenters. The van der Waals surface area contributed by atoms with Crippen LogP contribution in [0.5, 0.6) is 0 Å². The maximum absolute atomic E-state index is 6.51. The Bertz CT molecular complexity index is 2650. The van der Waals surface area contributed by atoms with E-state index in [2.05, 4.69) is 151 Å². The van der Waals surface area contributed by atoms with E-state index in [1.54, 1.807) is 11.3 Å². The average Bonchev–Trinajstić information content (AvgIpc) is 3.86. The number of furan rings is 1. The average molecular weight is 653 g/mol. The molecule has 48 heavy (non-hydrogen) atoms. The molecule has 0 amide bonds. The Kier molecular flexibility index (Phi) is 6.36. The standard InChI is InChI=1S/C43H28N2OS2/c1-2-10-27(11-3-1)28-18-20-30(21-19-28)45(31-22-23-33-32-12-4-7-15-38(32)46-39(33)26-31)37-25-29(43-44-36-14-6-9-17-41(36)48-43)24-35-34-13-5-8-16-40(34)47-42(35)37/h1-6,8-14,16-26H,7,15H2. The van der Waals surface area contributed by atoms with E-state index in [4.69, 9.17) is 9.40 Å². The fourth-order valence-corrected chi connectivity index (χ4v) is 9.17. The topological polar surface area (TPSA) is 29.3 Å². The highest BCUT2D eigenvalue weighted by atomic mass is 32.1. The molecule has 10 rings (SSSR count). The number of anilines is 3. The maximum atomic E-state index is 6.51. The first-order valence-electron chi connectivity index (χ1n) is 16.3. The molecule has 9 aromatic rings. The van der Waals surface area contributed by atoms with Gasteiger partial charge in [0.2, 0.25) is 0 Å². The highest BCUT2D eigenvalue weighted by molar-refractivity contribution is 7.26. The van der Waals surface area contributed by atoms with Crippen LogP contribution in [-0.2, 0) is 6.42 Å². The lowest BCUT2D eigenvalue weighted by Gasteiger charge is -2.27. The summed E-state index contributed by atoms with van der Waals surface area (Å²) in [6, 6.07) is 48.0. The van der Waals surface area contributed by atoms with Gasteiger partial charge >= 0.3 is 0 Å². The summed E-state index contributed by atoms with van der Waals surface area (Å²) in [6.45, 7) is 0. The van der Waals surface area contributed by atoms with Crippen LogP contribution in [0.1, 0.15) is 17.7 Å². The largest absolute Gasteiger partial charge is 0.460 e. The van der Waals surface area contributed by atoms with E-state index >= 15 is 0 Å². The zero-order valence-electron chi connectivity index (χ0n) is 25.9. The normalized spacial score (nSPS) is 12.8. The van der Waals surface area contributed by atoms with Gasteiger partial charge in [-0.25, -0.2) is 4.98 Å². The van der Waals surface area contributed by atoms with Crippen LogP contribution >= 0.6 is 22.7 Å². The molecule has 228 valence electrons. The van der Waals surface area contributed by atoms with Crippen LogP contribution in [0.25, 0.3) is 69.1 Å². The second-order valence-electron chi connectivity index (χ2n) is 12.3. The van der Waals surface area contributed by atoms with E-state index in [9.17, 15) is 0 Å². The molecule has 1 aliphatic rings. The fraction of sp³-hybridized carbons (Fsp3) is 0.0465. The molecule has 0 bridgehead atoms. The van der Waals surface area contributed by atoms with Crippen molar-refractivity contribution in [2.75, 3.05) is 4.90 Å². The molecule has 0 radical (unpaired) electrons. The number of hydrogen-bond donors (Lipinski definition) is 0. The summed E-state index contributed by atoms with van der Waals surface area (Å²) in [5, 5.41) is 4.70. The number of fused-ring (bicyclic) bond motifs is 7. The molecule has 0 saturated heterocycles. The van der Waals surface area contributed by atoms with Gasteiger partial charge in [0.05, 0.1) is 20.6 Å². The van der Waals surface area contributed by atoms with Gasteiger partial charge in [-0.1, -0.05) is 84.9 Å². The second-order valence-corrected chi connectivity index (χ2v) is 14.3. The molecule has 6 aromatic carbocycles. The number of nitrogens with zero attached hydrogens (tertiary/aromatic N) is 2. The molecule has 5 heteroatoms. The molecule has 1 aliphatic carbocycles. The van der Waals surface area contributed by atoms with Crippen molar-refractivity contribution in [3.05, 3.63) is 151 Å². The smallest absolute Gasteiger partial charge is 0.137 e. The summed E-state index contributed by atoms with van der Waals surface area (Å²) in [5.74, 6) is 1.08. The van der Waals surface area contributed by atoms with E-state index < -0.39 is 0 Å². The quantitative estimate of drug-likeness (QED) is 0.185. The lowest BCUT2D eigenvalue weighted by atomic mass is 10.0. The molecular weight excluding hydrogens is 625 g/mol. The Balaban J connectivity index is 1.23. The Labute approximate surface area is 285 Å². The minimum atomic E-state index is 0.921. The van der Waals surface area contributed by atoms with Crippen molar-refractivity contribution in [3.63, 3.8) is 0 Å². The number of hydrogen-bond acceptors (Lipinski definition) is 5. The molecule has 0 spiro atoms. The first-order chi connectivity index (χ1) is 23.8. The summed E-state index contributed by atoms with van der Waals surface area (Å²) in [6.07, 6.45) is 6.42. The van der Waals surface area contributed by atoms with Gasteiger partial charge in [-0.2, -0.15) is 0 Å². The number of aromatic nitrogens is 1. The maximum Gasteiger partial charge on any atom is 0.137 e. The van der Waals surface area contributed by atoms with Gasteiger partial charge in [-0.05, 0) is 72.1 Å². The molecular formula is C43H28N2OS2. The van der Waals surface area contributed by atoms with Crippen LogP contribution in [0.2, 0.25) is 0 Å². The van der Waals surface area contributed by atoms with Crippen LogP contribution in [0.15, 0.2) is 144 Å².